The number of nitrogens with zero attached hydrogens (tertiary/aromatic N) is 4. The maximum atomic E-state index is 9.05. The first-order valence-corrected chi connectivity index (χ1v) is 4.40. The molecule has 4 nitrogen and oxygen atoms in total. The van der Waals surface area contributed by atoms with Crippen LogP contribution in [0.25, 0.3) is 0 Å². The topological polar surface area (TPSA) is 51.8 Å². The molecule has 0 saturated heterocycles. The largest absolute Gasteiger partial charge is 0.225 e. The molecule has 0 spiro atoms. The van der Waals surface area contributed by atoms with Crippen molar-refractivity contribution >= 4 is 5.69 Å². The number of hydrogen-bond acceptors (Lipinski definition) is 4. The third-order valence-electron chi connectivity index (χ3n) is 2.24. The van der Waals surface area contributed by atoms with Gasteiger partial charge in [0, 0.05) is 0 Å². The monoisotopic (exact) mass is 186 g/mol. The molecule has 1 atom stereocenters. The summed E-state index contributed by atoms with van der Waals surface area (Å²) in [5.74, 6) is 0. The zero-order valence-corrected chi connectivity index (χ0v) is 7.88. The molecule has 1 aliphatic heterocycles. The van der Waals surface area contributed by atoms with Crippen LogP contribution in [0.2, 0.25) is 0 Å². The summed E-state index contributed by atoms with van der Waals surface area (Å²) in [5.41, 5.74) is 0.263. The van der Waals surface area contributed by atoms with Crippen molar-refractivity contribution in [3.63, 3.8) is 0 Å². The summed E-state index contributed by atoms with van der Waals surface area (Å²) >= 11 is 0. The first-order chi connectivity index (χ1) is 6.76. The molecule has 1 aromatic carbocycles. The maximum absolute atomic E-state index is 9.05. The Hall–Kier alpha value is -1.89. The van der Waals surface area contributed by atoms with Crippen molar-refractivity contribution in [2.75, 3.05) is 11.6 Å². The van der Waals surface area contributed by atoms with Gasteiger partial charge in [0.25, 0.3) is 0 Å². The summed E-state index contributed by atoms with van der Waals surface area (Å²) in [6.45, 7) is 2.26. The number of nitriles is 1. The van der Waals surface area contributed by atoms with E-state index in [1.165, 1.54) is 0 Å². The third kappa shape index (κ3) is 1.23. The minimum atomic E-state index is -0.638. The van der Waals surface area contributed by atoms with E-state index >= 15 is 0 Å². The summed E-state index contributed by atoms with van der Waals surface area (Å²) < 4.78 is 0. The summed E-state index contributed by atoms with van der Waals surface area (Å²) in [7, 11) is 0. The molecular weight excluding hydrogens is 176 g/mol. The first-order valence-electron chi connectivity index (χ1n) is 4.40. The van der Waals surface area contributed by atoms with E-state index in [0.717, 1.165) is 5.69 Å². The Kier molecular flexibility index (Phi) is 1.93. The van der Waals surface area contributed by atoms with Crippen LogP contribution in [0.5, 0.6) is 0 Å². The molecule has 0 fully saturated rings. The molecule has 70 valence electrons. The second kappa shape index (κ2) is 3.11. The van der Waals surface area contributed by atoms with Gasteiger partial charge in [0.2, 0.25) is 0 Å². The molecule has 4 heteroatoms. The fourth-order valence-corrected chi connectivity index (χ4v) is 1.39. The predicted molar refractivity (Wildman–Crippen MR) is 52.7 cm³/mol. The Bertz CT molecular complexity index is 392. The molecule has 0 aromatic heterocycles. The number of rotatable bonds is 1. The first kappa shape index (κ1) is 8.70. The zero-order valence-electron chi connectivity index (χ0n) is 7.88. The highest BCUT2D eigenvalue weighted by Gasteiger charge is 2.36. The van der Waals surface area contributed by atoms with Crippen LogP contribution in [0.4, 0.5) is 5.69 Å². The van der Waals surface area contributed by atoms with Crippen LogP contribution >= 0.6 is 0 Å². The minimum Gasteiger partial charge on any atom is -0.225 e. The van der Waals surface area contributed by atoms with Gasteiger partial charge >= 0.3 is 0 Å². The van der Waals surface area contributed by atoms with Gasteiger partial charge in [0.1, 0.15) is 6.54 Å². The van der Waals surface area contributed by atoms with Gasteiger partial charge in [0.15, 0.2) is 5.54 Å². The molecule has 0 saturated carbocycles. The Morgan fingerprint density at radius 2 is 2.14 bits per heavy atom. The predicted octanol–water partition coefficient (Wildman–Crippen LogP) is 2.16. The van der Waals surface area contributed by atoms with Crippen molar-refractivity contribution in [2.45, 2.75) is 12.5 Å². The fourth-order valence-electron chi connectivity index (χ4n) is 1.39. The summed E-state index contributed by atoms with van der Waals surface area (Å²) in [5, 5.41) is 18.6. The van der Waals surface area contributed by atoms with Crippen LogP contribution in [-0.2, 0) is 0 Å². The lowest BCUT2D eigenvalue weighted by Gasteiger charge is -2.25. The van der Waals surface area contributed by atoms with Crippen molar-refractivity contribution < 1.29 is 0 Å². The van der Waals surface area contributed by atoms with Crippen molar-refractivity contribution in [3.8, 4) is 6.07 Å². The van der Waals surface area contributed by atoms with Crippen molar-refractivity contribution in [1.82, 2.24) is 0 Å². The van der Waals surface area contributed by atoms with E-state index in [-0.39, 0.29) is 0 Å². The van der Waals surface area contributed by atoms with Gasteiger partial charge in [-0.2, -0.15) is 10.4 Å². The van der Waals surface area contributed by atoms with Crippen LogP contribution < -0.4 is 5.01 Å². The van der Waals surface area contributed by atoms with E-state index in [9.17, 15) is 0 Å². The Labute approximate surface area is 82.5 Å². The molecule has 14 heavy (non-hydrogen) atoms. The van der Waals surface area contributed by atoms with Gasteiger partial charge < -0.3 is 0 Å². The normalized spacial score (nSPS) is 25.0. The van der Waals surface area contributed by atoms with Crippen molar-refractivity contribution in [3.05, 3.63) is 30.3 Å². The smallest absolute Gasteiger partial charge is 0.169 e. The van der Waals surface area contributed by atoms with Gasteiger partial charge in [-0.25, -0.2) is 5.01 Å². The highest BCUT2D eigenvalue weighted by molar-refractivity contribution is 5.50. The van der Waals surface area contributed by atoms with E-state index in [4.69, 9.17) is 5.26 Å². The summed E-state index contributed by atoms with van der Waals surface area (Å²) in [6, 6.07) is 11.8. The average molecular weight is 186 g/mol. The van der Waals surface area contributed by atoms with Crippen molar-refractivity contribution in [1.29, 1.82) is 5.26 Å². The average Bonchev–Trinajstić information content (AvgIpc) is 2.63. The summed E-state index contributed by atoms with van der Waals surface area (Å²) in [4.78, 5) is 0. The lowest BCUT2D eigenvalue weighted by molar-refractivity contribution is 0.611. The fraction of sp³-hybridized carbons (Fsp3) is 0.300. The second-order valence-electron chi connectivity index (χ2n) is 3.42. The van der Waals surface area contributed by atoms with Crippen LogP contribution in [-0.4, -0.2) is 12.1 Å². The molecular formula is C10H10N4. The Balaban J connectivity index is 2.37. The highest BCUT2D eigenvalue weighted by atomic mass is 15.6. The number of hydrogen-bond donors (Lipinski definition) is 0. The second-order valence-corrected chi connectivity index (χ2v) is 3.42. The molecule has 1 unspecified atom stereocenters. The third-order valence-corrected chi connectivity index (χ3v) is 2.24. The molecule has 1 aromatic rings. The quantitative estimate of drug-likeness (QED) is 0.674. The highest BCUT2D eigenvalue weighted by Crippen LogP contribution is 2.28. The SMILES string of the molecule is CC1(C#N)CN=NN1c1ccccc1. The number of anilines is 1. The zero-order chi connectivity index (χ0) is 10.0. The van der Waals surface area contributed by atoms with Crippen molar-refractivity contribution in [2.24, 2.45) is 10.3 Å². The van der Waals surface area contributed by atoms with E-state index in [1.54, 1.807) is 5.01 Å². The Morgan fingerprint density at radius 3 is 2.79 bits per heavy atom. The van der Waals surface area contributed by atoms with Crippen LogP contribution in [0, 0.1) is 11.3 Å². The molecule has 2 rings (SSSR count). The molecule has 0 bridgehead atoms. The van der Waals surface area contributed by atoms with Crippen LogP contribution in [0.15, 0.2) is 40.7 Å². The van der Waals surface area contributed by atoms with E-state index < -0.39 is 5.54 Å². The van der Waals surface area contributed by atoms with E-state index in [2.05, 4.69) is 16.4 Å². The van der Waals surface area contributed by atoms with Crippen LogP contribution in [0.1, 0.15) is 6.92 Å². The van der Waals surface area contributed by atoms with Gasteiger partial charge in [0.05, 0.1) is 11.8 Å². The number of benzene rings is 1. The molecule has 0 N–H and O–H groups in total. The molecule has 0 radical (unpaired) electrons. The lowest BCUT2D eigenvalue weighted by Crippen LogP contribution is -2.40. The molecule has 0 amide bonds. The molecule has 0 aliphatic carbocycles. The standard InChI is InChI=1S/C10H10N4/c1-10(7-11)8-12-13-14(10)9-5-3-2-4-6-9/h2-6H,8H2,1H3. The molecule has 1 aliphatic rings. The summed E-state index contributed by atoms with van der Waals surface area (Å²) in [6.07, 6.45) is 0. The van der Waals surface area contributed by atoms with Gasteiger partial charge in [-0.05, 0) is 19.1 Å². The van der Waals surface area contributed by atoms with E-state index in [0.29, 0.717) is 6.54 Å². The van der Waals surface area contributed by atoms with Gasteiger partial charge in [-0.3, -0.25) is 0 Å². The number of para-hydroxylation sites is 1. The van der Waals surface area contributed by atoms with E-state index in [1.807, 2.05) is 37.3 Å². The minimum absolute atomic E-state index is 0.429. The van der Waals surface area contributed by atoms with Gasteiger partial charge in [-0.1, -0.05) is 23.4 Å². The maximum Gasteiger partial charge on any atom is 0.169 e. The lowest BCUT2D eigenvalue weighted by atomic mass is 10.0. The van der Waals surface area contributed by atoms with Crippen LogP contribution in [0.3, 0.4) is 0 Å². The molecule has 1 heterocycles. The Morgan fingerprint density at radius 1 is 1.43 bits per heavy atom. The van der Waals surface area contributed by atoms with Gasteiger partial charge in [-0.15, -0.1) is 0 Å².